The van der Waals surface area contributed by atoms with Gasteiger partial charge in [-0.1, -0.05) is 48.5 Å². The normalized spacial score (nSPS) is 32.1. The largest absolute Gasteiger partial charge is 0.396 e. The molecule has 0 radical (unpaired) electrons. The minimum absolute atomic E-state index is 0.0802. The smallest absolute Gasteiger partial charge is 0.142 e. The summed E-state index contributed by atoms with van der Waals surface area (Å²) in [6, 6.07) is 19.3. The molecule has 0 aromatic heterocycles. The molecule has 1 N–H and O–H groups in total. The molecule has 0 spiro atoms. The summed E-state index contributed by atoms with van der Waals surface area (Å²) in [5, 5.41) is 9.85. The molecule has 2 aliphatic carbocycles. The molecule has 2 aromatic carbocycles. The number of rotatable bonds is 4. The highest BCUT2D eigenvalue weighted by molar-refractivity contribution is 5.94. The fourth-order valence-corrected chi connectivity index (χ4v) is 5.99. The van der Waals surface area contributed by atoms with Gasteiger partial charge in [-0.3, -0.25) is 4.79 Å². The highest BCUT2D eigenvalue weighted by Gasteiger charge is 2.68. The fourth-order valence-electron chi connectivity index (χ4n) is 5.99. The Hall–Kier alpha value is -2.13. The number of aliphatic hydroxyl groups is 1. The molecule has 0 saturated heterocycles. The Balaban J connectivity index is 1.66. The number of hydrogen-bond donors (Lipinski definition) is 1. The highest BCUT2D eigenvalue weighted by Crippen LogP contribution is 2.64. The molecule has 25 heavy (non-hydrogen) atoms. The number of hydrogen-bond acceptors (Lipinski definition) is 3. The summed E-state index contributed by atoms with van der Waals surface area (Å²) in [5.41, 5.74) is 3.62. The van der Waals surface area contributed by atoms with Crippen molar-refractivity contribution in [3.8, 4) is 0 Å². The van der Waals surface area contributed by atoms with Crippen LogP contribution in [-0.4, -0.2) is 23.5 Å². The molecule has 0 amide bonds. The van der Waals surface area contributed by atoms with Crippen molar-refractivity contribution in [3.05, 3.63) is 65.7 Å². The lowest BCUT2D eigenvalue weighted by atomic mass is 9.65. The number of para-hydroxylation sites is 1. The van der Waals surface area contributed by atoms with Crippen LogP contribution in [0.5, 0.6) is 0 Å². The van der Waals surface area contributed by atoms with Crippen molar-refractivity contribution in [2.75, 3.05) is 11.5 Å². The van der Waals surface area contributed by atoms with Crippen molar-refractivity contribution < 1.29 is 9.90 Å². The molecule has 1 heterocycles. The van der Waals surface area contributed by atoms with Gasteiger partial charge in [-0.05, 0) is 36.5 Å². The van der Waals surface area contributed by atoms with Crippen molar-refractivity contribution in [1.29, 1.82) is 0 Å². The number of carbonyl (C=O) groups excluding carboxylic acids is 1. The lowest BCUT2D eigenvalue weighted by Crippen LogP contribution is -2.49. The minimum Gasteiger partial charge on any atom is -0.396 e. The van der Waals surface area contributed by atoms with Crippen LogP contribution < -0.4 is 4.90 Å². The summed E-state index contributed by atoms with van der Waals surface area (Å²) in [7, 11) is 0. The summed E-state index contributed by atoms with van der Waals surface area (Å²) in [5.74, 6) is 0.634. The number of carbonyl (C=O) groups is 1. The summed E-state index contributed by atoms with van der Waals surface area (Å²) in [6.07, 6.45) is 2.67. The Labute approximate surface area is 148 Å². The average molecular weight is 333 g/mol. The number of benzene rings is 2. The standard InChI is InChI=1S/C22H23NO2/c24-13-12-22-17-8-4-5-9-19(17)23(14-15-6-2-1-3-7-15)21(22)16-10-11-18(22)20(16)25/h1-9,16,18,21,24H,10-14H2/t16?,18?,21-,22+/m0/s1. The van der Waals surface area contributed by atoms with E-state index in [0.717, 1.165) is 19.4 Å². The van der Waals surface area contributed by atoms with E-state index < -0.39 is 0 Å². The first-order valence-corrected chi connectivity index (χ1v) is 9.32. The van der Waals surface area contributed by atoms with Gasteiger partial charge in [-0.15, -0.1) is 0 Å². The lowest BCUT2D eigenvalue weighted by molar-refractivity contribution is -0.122. The average Bonchev–Trinajstić information content (AvgIpc) is 3.22. The van der Waals surface area contributed by atoms with Crippen LogP contribution in [0.25, 0.3) is 0 Å². The van der Waals surface area contributed by atoms with E-state index in [1.165, 1.54) is 16.8 Å². The van der Waals surface area contributed by atoms with Gasteiger partial charge in [0.1, 0.15) is 5.78 Å². The topological polar surface area (TPSA) is 40.5 Å². The van der Waals surface area contributed by atoms with Crippen molar-refractivity contribution >= 4 is 11.5 Å². The summed E-state index contributed by atoms with van der Waals surface area (Å²) in [6.45, 7) is 0.965. The Kier molecular flexibility index (Phi) is 3.29. The maximum atomic E-state index is 13.0. The van der Waals surface area contributed by atoms with E-state index in [4.69, 9.17) is 0 Å². The molecule has 2 saturated carbocycles. The molecule has 1 aliphatic heterocycles. The van der Waals surface area contributed by atoms with Crippen molar-refractivity contribution in [2.24, 2.45) is 11.8 Å². The van der Waals surface area contributed by atoms with Gasteiger partial charge in [-0.25, -0.2) is 0 Å². The zero-order chi connectivity index (χ0) is 17.0. The van der Waals surface area contributed by atoms with E-state index in [1.807, 2.05) is 6.07 Å². The van der Waals surface area contributed by atoms with Crippen LogP contribution in [0.1, 0.15) is 30.4 Å². The molecule has 2 fully saturated rings. The van der Waals surface area contributed by atoms with Crippen LogP contribution in [0.15, 0.2) is 54.6 Å². The summed E-state index contributed by atoms with van der Waals surface area (Å²) < 4.78 is 0. The molecule has 5 rings (SSSR count). The first-order chi connectivity index (χ1) is 12.3. The zero-order valence-electron chi connectivity index (χ0n) is 14.3. The molecule has 3 heteroatoms. The van der Waals surface area contributed by atoms with E-state index in [1.54, 1.807) is 0 Å². The first-order valence-electron chi connectivity index (χ1n) is 9.32. The maximum Gasteiger partial charge on any atom is 0.142 e. The second-order valence-electron chi connectivity index (χ2n) is 7.73. The number of Topliss-reactive ketones (excluding diaryl/α,β-unsaturated/α-hetero) is 1. The molecule has 3 aliphatic rings. The SMILES string of the molecule is O=C1C2CCC1[C@@]1(CCO)c3ccccc3N(Cc3ccccc3)[C@@H]21. The van der Waals surface area contributed by atoms with Gasteiger partial charge in [0.15, 0.2) is 0 Å². The van der Waals surface area contributed by atoms with Gasteiger partial charge in [-0.2, -0.15) is 0 Å². The molecular weight excluding hydrogens is 310 g/mol. The Morgan fingerprint density at radius 3 is 2.60 bits per heavy atom. The monoisotopic (exact) mass is 333 g/mol. The van der Waals surface area contributed by atoms with Gasteiger partial charge in [0.2, 0.25) is 0 Å². The van der Waals surface area contributed by atoms with E-state index in [9.17, 15) is 9.90 Å². The van der Waals surface area contributed by atoms with E-state index in [0.29, 0.717) is 12.2 Å². The van der Waals surface area contributed by atoms with Gasteiger partial charge in [0.25, 0.3) is 0 Å². The third kappa shape index (κ3) is 1.87. The molecule has 128 valence electrons. The molecule has 3 nitrogen and oxygen atoms in total. The van der Waals surface area contributed by atoms with Crippen molar-refractivity contribution in [2.45, 2.75) is 37.3 Å². The Bertz CT molecular complexity index is 818. The van der Waals surface area contributed by atoms with Gasteiger partial charge in [0, 0.05) is 42.1 Å². The lowest BCUT2D eigenvalue weighted by Gasteiger charge is -2.41. The molecule has 2 aromatic rings. The Morgan fingerprint density at radius 1 is 1.04 bits per heavy atom. The maximum absolute atomic E-state index is 13.0. The van der Waals surface area contributed by atoms with Crippen LogP contribution in [0.4, 0.5) is 5.69 Å². The number of nitrogens with zero attached hydrogens (tertiary/aromatic N) is 1. The van der Waals surface area contributed by atoms with Gasteiger partial charge >= 0.3 is 0 Å². The van der Waals surface area contributed by atoms with E-state index >= 15 is 0 Å². The van der Waals surface area contributed by atoms with E-state index in [-0.39, 0.29) is 29.9 Å². The van der Waals surface area contributed by atoms with Crippen molar-refractivity contribution in [3.63, 3.8) is 0 Å². The molecule has 4 atom stereocenters. The van der Waals surface area contributed by atoms with Crippen LogP contribution in [-0.2, 0) is 16.8 Å². The number of anilines is 1. The third-order valence-corrected chi connectivity index (χ3v) is 6.78. The second-order valence-corrected chi connectivity index (χ2v) is 7.73. The number of fused-ring (bicyclic) bond motifs is 7. The van der Waals surface area contributed by atoms with Gasteiger partial charge in [0.05, 0.1) is 0 Å². The summed E-state index contributed by atoms with van der Waals surface area (Å²) in [4.78, 5) is 15.4. The minimum atomic E-state index is -0.194. The molecule has 2 unspecified atom stereocenters. The highest BCUT2D eigenvalue weighted by atomic mass is 16.3. The first kappa shape index (κ1) is 15.2. The predicted octanol–water partition coefficient (Wildman–Crippen LogP) is 3.30. The Morgan fingerprint density at radius 2 is 1.80 bits per heavy atom. The number of aliphatic hydroxyl groups excluding tert-OH is 1. The fraction of sp³-hybridized carbons (Fsp3) is 0.409. The number of ketones is 1. The zero-order valence-corrected chi connectivity index (χ0v) is 14.3. The van der Waals surface area contributed by atoms with Crippen LogP contribution in [0, 0.1) is 11.8 Å². The van der Waals surface area contributed by atoms with Crippen LogP contribution >= 0.6 is 0 Å². The van der Waals surface area contributed by atoms with Crippen LogP contribution in [0.3, 0.4) is 0 Å². The summed E-state index contributed by atoms with van der Waals surface area (Å²) >= 11 is 0. The van der Waals surface area contributed by atoms with E-state index in [2.05, 4.69) is 53.4 Å². The third-order valence-electron chi connectivity index (χ3n) is 6.78. The van der Waals surface area contributed by atoms with Crippen molar-refractivity contribution in [1.82, 2.24) is 0 Å². The van der Waals surface area contributed by atoms with Gasteiger partial charge < -0.3 is 10.0 Å². The predicted molar refractivity (Wildman–Crippen MR) is 97.5 cm³/mol. The second kappa shape index (κ2) is 5.43. The van der Waals surface area contributed by atoms with Crippen LogP contribution in [0.2, 0.25) is 0 Å². The molecule has 2 bridgehead atoms. The quantitative estimate of drug-likeness (QED) is 0.933. The molecular formula is C22H23NO2.